The van der Waals surface area contributed by atoms with Crippen LogP contribution >= 0.6 is 0 Å². The summed E-state index contributed by atoms with van der Waals surface area (Å²) in [4.78, 5) is 18.2. The molecule has 4 nitrogen and oxygen atoms in total. The van der Waals surface area contributed by atoms with Gasteiger partial charge in [-0.05, 0) is 54.3 Å². The van der Waals surface area contributed by atoms with Gasteiger partial charge in [0.2, 0.25) is 0 Å². The lowest BCUT2D eigenvalue weighted by molar-refractivity contribution is 0.0796. The summed E-state index contributed by atoms with van der Waals surface area (Å²) in [5, 5.41) is 0. The average Bonchev–Trinajstić information content (AvgIpc) is 2.58. The Morgan fingerprint density at radius 1 is 1.13 bits per heavy atom. The van der Waals surface area contributed by atoms with Gasteiger partial charge in [-0.15, -0.1) is 0 Å². The van der Waals surface area contributed by atoms with Crippen LogP contribution in [-0.2, 0) is 6.42 Å². The molecule has 0 aliphatic carbocycles. The van der Waals surface area contributed by atoms with Crippen molar-refractivity contribution in [2.75, 3.05) is 20.2 Å². The van der Waals surface area contributed by atoms with Crippen molar-refractivity contribution >= 4 is 5.91 Å². The van der Waals surface area contributed by atoms with Gasteiger partial charge in [-0.2, -0.15) is 0 Å². The number of carbonyl (C=O) groups is 1. The molecule has 2 rings (SSSR count). The average molecular weight is 312 g/mol. The molecule has 4 heteroatoms. The van der Waals surface area contributed by atoms with E-state index in [1.807, 2.05) is 43.4 Å². The normalized spacial score (nSPS) is 10.6. The van der Waals surface area contributed by atoms with Gasteiger partial charge in [-0.3, -0.25) is 9.78 Å². The lowest BCUT2D eigenvalue weighted by Gasteiger charge is -2.17. The van der Waals surface area contributed by atoms with E-state index < -0.39 is 0 Å². The van der Waals surface area contributed by atoms with Crippen LogP contribution in [-0.4, -0.2) is 36.0 Å². The number of amides is 1. The molecule has 0 bridgehead atoms. The van der Waals surface area contributed by atoms with Crippen LogP contribution in [0, 0.1) is 5.92 Å². The number of benzene rings is 1. The maximum Gasteiger partial charge on any atom is 0.253 e. The van der Waals surface area contributed by atoms with E-state index in [0.29, 0.717) is 24.6 Å². The number of nitrogens with zero attached hydrogens (tertiary/aromatic N) is 2. The molecule has 0 saturated heterocycles. The summed E-state index contributed by atoms with van der Waals surface area (Å²) in [7, 11) is 1.83. The van der Waals surface area contributed by atoms with Gasteiger partial charge in [0.05, 0.1) is 6.61 Å². The Balaban J connectivity index is 1.88. The van der Waals surface area contributed by atoms with Crippen molar-refractivity contribution in [1.82, 2.24) is 9.88 Å². The predicted octanol–water partition coefficient (Wildman–Crippen LogP) is 3.43. The zero-order chi connectivity index (χ0) is 16.7. The first-order valence-corrected chi connectivity index (χ1v) is 7.93. The highest BCUT2D eigenvalue weighted by molar-refractivity contribution is 5.94. The summed E-state index contributed by atoms with van der Waals surface area (Å²) in [5.41, 5.74) is 1.86. The minimum Gasteiger partial charge on any atom is -0.493 e. The van der Waals surface area contributed by atoms with E-state index in [0.717, 1.165) is 12.2 Å². The van der Waals surface area contributed by atoms with Crippen molar-refractivity contribution in [3.05, 3.63) is 59.9 Å². The van der Waals surface area contributed by atoms with E-state index in [4.69, 9.17) is 4.74 Å². The minimum absolute atomic E-state index is 0.0227. The first-order chi connectivity index (χ1) is 11.1. The van der Waals surface area contributed by atoms with Crippen molar-refractivity contribution in [1.29, 1.82) is 0 Å². The Morgan fingerprint density at radius 3 is 2.39 bits per heavy atom. The second kappa shape index (κ2) is 8.32. The molecule has 0 spiro atoms. The monoisotopic (exact) mass is 312 g/mol. The minimum atomic E-state index is 0.0227. The number of aromatic nitrogens is 1. The third kappa shape index (κ3) is 5.40. The van der Waals surface area contributed by atoms with Gasteiger partial charge >= 0.3 is 0 Å². The van der Waals surface area contributed by atoms with Crippen LogP contribution in [0.1, 0.15) is 29.8 Å². The zero-order valence-electron chi connectivity index (χ0n) is 14.0. The highest BCUT2D eigenvalue weighted by Crippen LogP contribution is 2.14. The molecule has 0 unspecified atom stereocenters. The lowest BCUT2D eigenvalue weighted by atomic mass is 10.1. The topological polar surface area (TPSA) is 42.4 Å². The van der Waals surface area contributed by atoms with Crippen molar-refractivity contribution in [2.45, 2.75) is 20.3 Å². The maximum absolute atomic E-state index is 12.4. The maximum atomic E-state index is 12.4. The molecular formula is C19H24N2O2. The Hall–Kier alpha value is -2.36. The first kappa shape index (κ1) is 17.0. The zero-order valence-corrected chi connectivity index (χ0v) is 14.0. The van der Waals surface area contributed by atoms with Crippen molar-refractivity contribution in [2.24, 2.45) is 5.92 Å². The molecule has 0 atom stereocenters. The van der Waals surface area contributed by atoms with Gasteiger partial charge in [0.1, 0.15) is 5.75 Å². The van der Waals surface area contributed by atoms with Gasteiger partial charge < -0.3 is 9.64 Å². The molecule has 1 aromatic heterocycles. The summed E-state index contributed by atoms with van der Waals surface area (Å²) >= 11 is 0. The van der Waals surface area contributed by atoms with Crippen LogP contribution in [0.25, 0.3) is 0 Å². The number of ether oxygens (including phenoxy) is 1. The molecule has 23 heavy (non-hydrogen) atoms. The lowest BCUT2D eigenvalue weighted by Crippen LogP contribution is -2.28. The second-order valence-electron chi connectivity index (χ2n) is 6.06. The van der Waals surface area contributed by atoms with Gasteiger partial charge in [0, 0.05) is 31.5 Å². The molecule has 1 amide bonds. The fourth-order valence-electron chi connectivity index (χ4n) is 2.12. The van der Waals surface area contributed by atoms with Crippen molar-refractivity contribution in [3.63, 3.8) is 0 Å². The third-order valence-corrected chi connectivity index (χ3v) is 3.52. The molecule has 1 aromatic carbocycles. The van der Waals surface area contributed by atoms with E-state index in [2.05, 4.69) is 18.8 Å². The largest absolute Gasteiger partial charge is 0.493 e. The van der Waals surface area contributed by atoms with E-state index in [1.165, 1.54) is 5.56 Å². The van der Waals surface area contributed by atoms with Crippen molar-refractivity contribution < 1.29 is 9.53 Å². The molecular weight excluding hydrogens is 288 g/mol. The summed E-state index contributed by atoms with van der Waals surface area (Å²) < 4.78 is 5.64. The van der Waals surface area contributed by atoms with E-state index >= 15 is 0 Å². The van der Waals surface area contributed by atoms with Crippen molar-refractivity contribution in [3.8, 4) is 5.75 Å². The number of pyridine rings is 1. The van der Waals surface area contributed by atoms with Crippen LogP contribution in [0.15, 0.2) is 48.8 Å². The number of hydrogen-bond donors (Lipinski definition) is 0. The van der Waals surface area contributed by atoms with E-state index in [9.17, 15) is 4.79 Å². The van der Waals surface area contributed by atoms with Gasteiger partial charge in [0.25, 0.3) is 5.91 Å². The second-order valence-corrected chi connectivity index (χ2v) is 6.06. The highest BCUT2D eigenvalue weighted by Gasteiger charge is 2.11. The summed E-state index contributed by atoms with van der Waals surface area (Å²) in [5.74, 6) is 1.31. The van der Waals surface area contributed by atoms with Crippen LogP contribution in [0.2, 0.25) is 0 Å². The Morgan fingerprint density at radius 2 is 1.78 bits per heavy atom. The van der Waals surface area contributed by atoms with E-state index in [-0.39, 0.29) is 5.91 Å². The first-order valence-electron chi connectivity index (χ1n) is 7.93. The third-order valence-electron chi connectivity index (χ3n) is 3.52. The van der Waals surface area contributed by atoms with Gasteiger partial charge in [-0.25, -0.2) is 0 Å². The highest BCUT2D eigenvalue weighted by atomic mass is 16.5. The van der Waals surface area contributed by atoms with Crippen LogP contribution in [0.3, 0.4) is 0 Å². The molecule has 2 aromatic rings. The smallest absolute Gasteiger partial charge is 0.253 e. The standard InChI is InChI=1S/C19H24N2O2/c1-15(2)14-23-18-6-4-17(5-7-18)19(22)21(3)13-10-16-8-11-20-12-9-16/h4-9,11-12,15H,10,13-14H2,1-3H3. The Bertz CT molecular complexity index is 609. The molecule has 122 valence electrons. The van der Waals surface area contributed by atoms with Crippen LogP contribution in [0.5, 0.6) is 5.75 Å². The summed E-state index contributed by atoms with van der Waals surface area (Å²) in [6.45, 7) is 5.57. The van der Waals surface area contributed by atoms with Gasteiger partial charge in [0.15, 0.2) is 0 Å². The number of hydrogen-bond acceptors (Lipinski definition) is 3. The number of rotatable bonds is 7. The number of likely N-dealkylation sites (N-methyl/N-ethyl adjacent to an activating group) is 1. The predicted molar refractivity (Wildman–Crippen MR) is 91.7 cm³/mol. The summed E-state index contributed by atoms with van der Waals surface area (Å²) in [6.07, 6.45) is 4.36. The van der Waals surface area contributed by atoms with Crippen LogP contribution in [0.4, 0.5) is 0 Å². The SMILES string of the molecule is CC(C)COc1ccc(C(=O)N(C)CCc2ccncc2)cc1. The van der Waals surface area contributed by atoms with Crippen LogP contribution < -0.4 is 4.74 Å². The van der Waals surface area contributed by atoms with Gasteiger partial charge in [-0.1, -0.05) is 13.8 Å². The fourth-order valence-corrected chi connectivity index (χ4v) is 2.12. The molecule has 0 saturated carbocycles. The molecule has 0 aliphatic heterocycles. The molecule has 0 fully saturated rings. The molecule has 0 aliphatic rings. The molecule has 0 radical (unpaired) electrons. The molecule has 1 heterocycles. The Labute approximate surface area is 138 Å². The van der Waals surface area contributed by atoms with E-state index in [1.54, 1.807) is 17.3 Å². The molecule has 0 N–H and O–H groups in total. The summed E-state index contributed by atoms with van der Waals surface area (Å²) in [6, 6.07) is 11.3. The quantitative estimate of drug-likeness (QED) is 0.786. The Kier molecular flexibility index (Phi) is 6.15. The fraction of sp³-hybridized carbons (Fsp3) is 0.368. The number of carbonyl (C=O) groups excluding carboxylic acids is 1.